The highest BCUT2D eigenvalue weighted by Gasteiger charge is 2.13. The molecule has 0 saturated carbocycles. The van der Waals surface area contributed by atoms with Crippen molar-refractivity contribution < 1.29 is 4.39 Å². The van der Waals surface area contributed by atoms with Crippen LogP contribution in [0.15, 0.2) is 36.9 Å². The SMILES string of the molecule is CCNC(Cc1cc(F)ccc1C)c1cncnc1. The summed E-state index contributed by atoms with van der Waals surface area (Å²) < 4.78 is 13.3. The van der Waals surface area contributed by atoms with Gasteiger partial charge < -0.3 is 5.32 Å². The molecule has 0 saturated heterocycles. The zero-order valence-electron chi connectivity index (χ0n) is 11.2. The van der Waals surface area contributed by atoms with Gasteiger partial charge in [0.1, 0.15) is 12.1 Å². The Bertz CT molecular complexity index is 528. The standard InChI is InChI=1S/C15H18FN3/c1-3-19-15(13-8-17-10-18-9-13)7-12-6-14(16)5-4-11(12)2/h4-6,8-10,15,19H,3,7H2,1-2H3. The van der Waals surface area contributed by atoms with Crippen LogP contribution in [0.25, 0.3) is 0 Å². The van der Waals surface area contributed by atoms with Crippen molar-refractivity contribution in [3.63, 3.8) is 0 Å². The highest BCUT2D eigenvalue weighted by molar-refractivity contribution is 5.28. The lowest BCUT2D eigenvalue weighted by atomic mass is 9.97. The summed E-state index contributed by atoms with van der Waals surface area (Å²) in [5, 5.41) is 3.39. The van der Waals surface area contributed by atoms with Crippen LogP contribution in [0.5, 0.6) is 0 Å². The summed E-state index contributed by atoms with van der Waals surface area (Å²) in [6, 6.07) is 5.01. The van der Waals surface area contributed by atoms with Gasteiger partial charge in [0.15, 0.2) is 0 Å². The van der Waals surface area contributed by atoms with Crippen LogP contribution in [0.4, 0.5) is 4.39 Å². The minimum atomic E-state index is -0.194. The van der Waals surface area contributed by atoms with Crippen LogP contribution in [0.3, 0.4) is 0 Å². The molecule has 4 heteroatoms. The van der Waals surface area contributed by atoms with Gasteiger partial charge in [-0.05, 0) is 43.1 Å². The number of hydrogen-bond acceptors (Lipinski definition) is 3. The molecule has 0 bridgehead atoms. The zero-order chi connectivity index (χ0) is 13.7. The summed E-state index contributed by atoms with van der Waals surface area (Å²) in [4.78, 5) is 8.09. The van der Waals surface area contributed by atoms with Gasteiger partial charge in [0.25, 0.3) is 0 Å². The van der Waals surface area contributed by atoms with E-state index in [1.165, 1.54) is 12.4 Å². The van der Waals surface area contributed by atoms with Crippen molar-refractivity contribution in [3.8, 4) is 0 Å². The maximum absolute atomic E-state index is 13.3. The van der Waals surface area contributed by atoms with E-state index in [1.807, 2.05) is 13.0 Å². The molecule has 2 rings (SSSR count). The summed E-state index contributed by atoms with van der Waals surface area (Å²) in [5.41, 5.74) is 3.13. The van der Waals surface area contributed by atoms with Gasteiger partial charge in [0.05, 0.1) is 0 Å². The Morgan fingerprint density at radius 2 is 2.00 bits per heavy atom. The van der Waals surface area contributed by atoms with Crippen molar-refractivity contribution in [1.29, 1.82) is 0 Å². The van der Waals surface area contributed by atoms with Gasteiger partial charge in [0.2, 0.25) is 0 Å². The van der Waals surface area contributed by atoms with Gasteiger partial charge in [-0.3, -0.25) is 0 Å². The molecule has 3 nitrogen and oxygen atoms in total. The van der Waals surface area contributed by atoms with Gasteiger partial charge in [-0.1, -0.05) is 13.0 Å². The third-order valence-corrected chi connectivity index (χ3v) is 3.17. The molecule has 1 atom stereocenters. The van der Waals surface area contributed by atoms with E-state index >= 15 is 0 Å². The van der Waals surface area contributed by atoms with Crippen molar-refractivity contribution >= 4 is 0 Å². The first-order valence-corrected chi connectivity index (χ1v) is 6.44. The van der Waals surface area contributed by atoms with E-state index in [9.17, 15) is 4.39 Å². The van der Waals surface area contributed by atoms with E-state index < -0.39 is 0 Å². The fraction of sp³-hybridized carbons (Fsp3) is 0.333. The van der Waals surface area contributed by atoms with Crippen LogP contribution in [-0.2, 0) is 6.42 Å². The van der Waals surface area contributed by atoms with Crippen LogP contribution in [-0.4, -0.2) is 16.5 Å². The van der Waals surface area contributed by atoms with Crippen LogP contribution in [0, 0.1) is 12.7 Å². The Morgan fingerprint density at radius 1 is 1.26 bits per heavy atom. The maximum atomic E-state index is 13.3. The lowest BCUT2D eigenvalue weighted by Crippen LogP contribution is -2.23. The molecular formula is C15H18FN3. The summed E-state index contributed by atoms with van der Waals surface area (Å²) >= 11 is 0. The molecule has 19 heavy (non-hydrogen) atoms. The normalized spacial score (nSPS) is 12.4. The molecule has 0 aliphatic heterocycles. The number of likely N-dealkylation sites (N-methyl/N-ethyl adjacent to an activating group) is 1. The summed E-state index contributed by atoms with van der Waals surface area (Å²) in [6.07, 6.45) is 5.84. The first kappa shape index (κ1) is 13.6. The van der Waals surface area contributed by atoms with Crippen LogP contribution in [0.1, 0.15) is 29.7 Å². The molecular weight excluding hydrogens is 241 g/mol. The highest BCUT2D eigenvalue weighted by Crippen LogP contribution is 2.20. The van der Waals surface area contributed by atoms with Crippen LogP contribution in [0.2, 0.25) is 0 Å². The Hall–Kier alpha value is -1.81. The van der Waals surface area contributed by atoms with Gasteiger partial charge >= 0.3 is 0 Å². The van der Waals surface area contributed by atoms with Gasteiger partial charge in [-0.2, -0.15) is 0 Å². The molecule has 0 aliphatic carbocycles. The van der Waals surface area contributed by atoms with Crippen molar-refractivity contribution in [2.45, 2.75) is 26.3 Å². The number of aryl methyl sites for hydroxylation is 1. The van der Waals surface area contributed by atoms with E-state index in [1.54, 1.807) is 18.5 Å². The molecule has 0 radical (unpaired) electrons. The van der Waals surface area contributed by atoms with Crippen LogP contribution >= 0.6 is 0 Å². The molecule has 0 spiro atoms. The molecule has 0 amide bonds. The number of hydrogen-bond donors (Lipinski definition) is 1. The fourth-order valence-electron chi connectivity index (χ4n) is 2.12. The third-order valence-electron chi connectivity index (χ3n) is 3.17. The zero-order valence-corrected chi connectivity index (χ0v) is 11.2. The number of halogens is 1. The topological polar surface area (TPSA) is 37.8 Å². The molecule has 1 unspecified atom stereocenters. The number of nitrogens with one attached hydrogen (secondary N) is 1. The van der Waals surface area contributed by atoms with Crippen molar-refractivity contribution in [2.24, 2.45) is 0 Å². The molecule has 1 heterocycles. The van der Waals surface area contributed by atoms with E-state index in [-0.39, 0.29) is 11.9 Å². The molecule has 1 aromatic carbocycles. The Kier molecular flexibility index (Phi) is 4.58. The lowest BCUT2D eigenvalue weighted by Gasteiger charge is -2.18. The first-order valence-electron chi connectivity index (χ1n) is 6.44. The minimum absolute atomic E-state index is 0.103. The highest BCUT2D eigenvalue weighted by atomic mass is 19.1. The second kappa shape index (κ2) is 6.38. The monoisotopic (exact) mass is 259 g/mol. The first-order chi connectivity index (χ1) is 9.20. The maximum Gasteiger partial charge on any atom is 0.123 e. The second-order valence-electron chi connectivity index (χ2n) is 4.56. The van der Waals surface area contributed by atoms with E-state index in [0.717, 1.165) is 29.7 Å². The van der Waals surface area contributed by atoms with Gasteiger partial charge in [-0.25, -0.2) is 14.4 Å². The second-order valence-corrected chi connectivity index (χ2v) is 4.56. The van der Waals surface area contributed by atoms with Gasteiger partial charge in [-0.15, -0.1) is 0 Å². The summed E-state index contributed by atoms with van der Waals surface area (Å²) in [5.74, 6) is -0.194. The Balaban J connectivity index is 2.24. The van der Waals surface area contributed by atoms with E-state index in [0.29, 0.717) is 0 Å². The average Bonchev–Trinajstić information content (AvgIpc) is 2.43. The molecule has 2 aromatic rings. The van der Waals surface area contributed by atoms with Gasteiger partial charge in [0, 0.05) is 24.0 Å². The quantitative estimate of drug-likeness (QED) is 0.897. The third kappa shape index (κ3) is 3.58. The lowest BCUT2D eigenvalue weighted by molar-refractivity contribution is 0.542. The summed E-state index contributed by atoms with van der Waals surface area (Å²) in [6.45, 7) is 4.89. The van der Waals surface area contributed by atoms with E-state index in [2.05, 4.69) is 22.2 Å². The molecule has 0 aliphatic rings. The predicted octanol–water partition coefficient (Wildman–Crippen LogP) is 2.82. The molecule has 0 fully saturated rings. The number of nitrogens with zero attached hydrogens (tertiary/aromatic N) is 2. The predicted molar refractivity (Wildman–Crippen MR) is 73.3 cm³/mol. The Labute approximate surface area is 112 Å². The fourth-order valence-corrected chi connectivity index (χ4v) is 2.12. The van der Waals surface area contributed by atoms with Crippen molar-refractivity contribution in [3.05, 3.63) is 59.4 Å². The number of aromatic nitrogens is 2. The molecule has 100 valence electrons. The number of rotatable bonds is 5. The van der Waals surface area contributed by atoms with E-state index in [4.69, 9.17) is 0 Å². The largest absolute Gasteiger partial charge is 0.310 e. The number of benzene rings is 1. The molecule has 1 N–H and O–H groups in total. The molecule has 1 aromatic heterocycles. The minimum Gasteiger partial charge on any atom is -0.310 e. The van der Waals surface area contributed by atoms with Crippen LogP contribution < -0.4 is 5.32 Å². The van der Waals surface area contributed by atoms with Crippen molar-refractivity contribution in [2.75, 3.05) is 6.54 Å². The average molecular weight is 259 g/mol. The summed E-state index contributed by atoms with van der Waals surface area (Å²) in [7, 11) is 0. The smallest absolute Gasteiger partial charge is 0.123 e. The Morgan fingerprint density at radius 3 is 2.68 bits per heavy atom. The van der Waals surface area contributed by atoms with Crippen molar-refractivity contribution in [1.82, 2.24) is 15.3 Å².